The van der Waals surface area contributed by atoms with E-state index < -0.39 is 0 Å². The van der Waals surface area contributed by atoms with Crippen LogP contribution in [0.25, 0.3) is 0 Å². The van der Waals surface area contributed by atoms with Gasteiger partial charge in [0.25, 0.3) is 0 Å². The summed E-state index contributed by atoms with van der Waals surface area (Å²) in [5.74, 6) is 0. The van der Waals surface area contributed by atoms with E-state index in [1.54, 1.807) is 0 Å². The Morgan fingerprint density at radius 2 is 1.39 bits per heavy atom. The number of para-hydroxylation sites is 2. The number of hydrogen-bond donors (Lipinski definition) is 0. The van der Waals surface area contributed by atoms with Gasteiger partial charge in [0, 0.05) is 6.54 Å². The number of hydrazine groups is 1. The fourth-order valence-corrected chi connectivity index (χ4v) is 2.18. The number of rotatable bonds is 3. The van der Waals surface area contributed by atoms with Crippen molar-refractivity contribution in [3.05, 3.63) is 60.7 Å². The first-order chi connectivity index (χ1) is 8.95. The Balaban J connectivity index is 1.98. The molecule has 1 fully saturated rings. The Bertz CT molecular complexity index is 441. The van der Waals surface area contributed by atoms with E-state index >= 15 is 0 Å². The maximum atomic E-state index is 5.47. The Kier molecular flexibility index (Phi) is 3.26. The molecular formula is C15H16N2O. The summed E-state index contributed by atoms with van der Waals surface area (Å²) < 4.78 is 5.47. The third-order valence-corrected chi connectivity index (χ3v) is 3.02. The summed E-state index contributed by atoms with van der Waals surface area (Å²) in [6, 6.07) is 20.8. The van der Waals surface area contributed by atoms with E-state index in [0.29, 0.717) is 6.73 Å². The fraction of sp³-hybridized carbons (Fsp3) is 0.200. The first-order valence-electron chi connectivity index (χ1n) is 6.18. The lowest BCUT2D eigenvalue weighted by Gasteiger charge is -2.32. The molecule has 0 N–H and O–H groups in total. The van der Waals surface area contributed by atoms with Crippen LogP contribution in [0.2, 0.25) is 0 Å². The fourth-order valence-electron chi connectivity index (χ4n) is 2.18. The number of anilines is 2. The van der Waals surface area contributed by atoms with E-state index in [4.69, 9.17) is 4.74 Å². The van der Waals surface area contributed by atoms with Crippen molar-refractivity contribution in [2.45, 2.75) is 0 Å². The van der Waals surface area contributed by atoms with Crippen molar-refractivity contribution in [3.8, 4) is 0 Å². The molecule has 0 atom stereocenters. The molecule has 1 aliphatic rings. The molecule has 0 radical (unpaired) electrons. The molecule has 1 heterocycles. The van der Waals surface area contributed by atoms with Gasteiger partial charge in [0.15, 0.2) is 0 Å². The third-order valence-electron chi connectivity index (χ3n) is 3.02. The lowest BCUT2D eigenvalue weighted by Crippen LogP contribution is -2.37. The van der Waals surface area contributed by atoms with E-state index in [2.05, 4.69) is 58.5 Å². The van der Waals surface area contributed by atoms with Gasteiger partial charge in [0.05, 0.1) is 18.0 Å². The molecule has 18 heavy (non-hydrogen) atoms. The lowest BCUT2D eigenvalue weighted by molar-refractivity contribution is 0.141. The van der Waals surface area contributed by atoms with E-state index in [-0.39, 0.29) is 0 Å². The quantitative estimate of drug-likeness (QED) is 0.820. The van der Waals surface area contributed by atoms with Gasteiger partial charge in [0.2, 0.25) is 0 Å². The monoisotopic (exact) mass is 240 g/mol. The highest BCUT2D eigenvalue weighted by atomic mass is 16.5. The molecule has 2 aromatic carbocycles. The average Bonchev–Trinajstić information content (AvgIpc) is 2.95. The normalized spacial score (nSPS) is 15.8. The molecular weight excluding hydrogens is 224 g/mol. The second kappa shape index (κ2) is 5.21. The molecule has 0 aromatic heterocycles. The first-order valence-corrected chi connectivity index (χ1v) is 6.18. The molecule has 1 aliphatic heterocycles. The second-order valence-electron chi connectivity index (χ2n) is 4.25. The topological polar surface area (TPSA) is 15.7 Å². The highest BCUT2D eigenvalue weighted by Crippen LogP contribution is 2.27. The largest absolute Gasteiger partial charge is 0.363 e. The van der Waals surface area contributed by atoms with Gasteiger partial charge < -0.3 is 4.74 Å². The number of hydrogen-bond acceptors (Lipinski definition) is 3. The highest BCUT2D eigenvalue weighted by molar-refractivity contribution is 5.61. The molecule has 0 amide bonds. The Labute approximate surface area is 107 Å². The Morgan fingerprint density at radius 3 is 1.83 bits per heavy atom. The minimum Gasteiger partial charge on any atom is -0.363 e. The summed E-state index contributed by atoms with van der Waals surface area (Å²) >= 11 is 0. The Hall–Kier alpha value is -1.84. The van der Waals surface area contributed by atoms with Gasteiger partial charge in [-0.05, 0) is 24.3 Å². The number of nitrogens with zero attached hydrogens (tertiary/aromatic N) is 2. The van der Waals surface area contributed by atoms with Crippen LogP contribution in [0.15, 0.2) is 60.7 Å². The molecule has 0 unspecified atom stereocenters. The van der Waals surface area contributed by atoms with Crippen LogP contribution in [0.1, 0.15) is 0 Å². The zero-order chi connectivity index (χ0) is 12.2. The summed E-state index contributed by atoms with van der Waals surface area (Å²) in [4.78, 5) is 0. The van der Waals surface area contributed by atoms with Crippen LogP contribution in [0, 0.1) is 0 Å². The Morgan fingerprint density at radius 1 is 0.833 bits per heavy atom. The molecule has 0 spiro atoms. The van der Waals surface area contributed by atoms with Crippen molar-refractivity contribution in [1.29, 1.82) is 0 Å². The van der Waals surface area contributed by atoms with Crippen LogP contribution < -0.4 is 5.01 Å². The predicted octanol–water partition coefficient (Wildman–Crippen LogP) is 3.03. The second-order valence-corrected chi connectivity index (χ2v) is 4.25. The van der Waals surface area contributed by atoms with Crippen LogP contribution in [0.3, 0.4) is 0 Å². The number of ether oxygens (including phenoxy) is 1. The summed E-state index contributed by atoms with van der Waals surface area (Å²) in [7, 11) is 0. The van der Waals surface area contributed by atoms with Gasteiger partial charge in [-0.25, -0.2) is 0 Å². The molecule has 0 saturated carbocycles. The highest BCUT2D eigenvalue weighted by Gasteiger charge is 2.21. The van der Waals surface area contributed by atoms with Gasteiger partial charge in [-0.3, -0.25) is 5.01 Å². The first kappa shape index (κ1) is 11.3. The molecule has 92 valence electrons. The van der Waals surface area contributed by atoms with Gasteiger partial charge in [-0.2, -0.15) is 5.01 Å². The van der Waals surface area contributed by atoms with Gasteiger partial charge in [0.1, 0.15) is 6.73 Å². The maximum absolute atomic E-state index is 5.47. The summed E-state index contributed by atoms with van der Waals surface area (Å²) in [5, 5.41) is 4.43. The van der Waals surface area contributed by atoms with Crippen LogP contribution in [-0.2, 0) is 4.74 Å². The van der Waals surface area contributed by atoms with Crippen molar-refractivity contribution in [3.63, 3.8) is 0 Å². The SMILES string of the molecule is c1ccc(N(c2ccccc2)N2CCOC2)cc1. The van der Waals surface area contributed by atoms with Gasteiger partial charge in [-0.1, -0.05) is 36.4 Å². The van der Waals surface area contributed by atoms with Crippen molar-refractivity contribution in [1.82, 2.24) is 5.01 Å². The molecule has 0 bridgehead atoms. The standard InChI is InChI=1S/C15H16N2O/c1-3-7-14(8-4-1)17(16-11-12-18-13-16)15-9-5-2-6-10-15/h1-10H,11-13H2. The molecule has 0 aliphatic carbocycles. The van der Waals surface area contributed by atoms with Crippen molar-refractivity contribution in [2.24, 2.45) is 0 Å². The molecule has 3 heteroatoms. The zero-order valence-electron chi connectivity index (χ0n) is 10.2. The third kappa shape index (κ3) is 2.23. The number of benzene rings is 2. The van der Waals surface area contributed by atoms with Crippen molar-refractivity contribution in [2.75, 3.05) is 24.9 Å². The average molecular weight is 240 g/mol. The summed E-state index contributed by atoms with van der Waals surface area (Å²) in [5.41, 5.74) is 2.32. The lowest BCUT2D eigenvalue weighted by atomic mass is 10.2. The van der Waals surface area contributed by atoms with Crippen LogP contribution in [0.5, 0.6) is 0 Å². The summed E-state index contributed by atoms with van der Waals surface area (Å²) in [6.45, 7) is 2.35. The van der Waals surface area contributed by atoms with Gasteiger partial charge in [-0.15, -0.1) is 0 Å². The molecule has 2 aromatic rings. The maximum Gasteiger partial charge on any atom is 0.117 e. The zero-order valence-corrected chi connectivity index (χ0v) is 10.2. The summed E-state index contributed by atoms with van der Waals surface area (Å²) in [6.07, 6.45) is 0. The van der Waals surface area contributed by atoms with E-state index in [0.717, 1.165) is 24.5 Å². The predicted molar refractivity (Wildman–Crippen MR) is 72.5 cm³/mol. The van der Waals surface area contributed by atoms with Crippen LogP contribution in [-0.4, -0.2) is 24.9 Å². The van der Waals surface area contributed by atoms with E-state index in [1.807, 2.05) is 12.1 Å². The van der Waals surface area contributed by atoms with Gasteiger partial charge >= 0.3 is 0 Å². The van der Waals surface area contributed by atoms with Crippen molar-refractivity contribution < 1.29 is 4.74 Å². The minimum atomic E-state index is 0.643. The molecule has 1 saturated heterocycles. The molecule has 3 nitrogen and oxygen atoms in total. The van der Waals surface area contributed by atoms with Crippen LogP contribution in [0.4, 0.5) is 11.4 Å². The smallest absolute Gasteiger partial charge is 0.117 e. The minimum absolute atomic E-state index is 0.643. The van der Waals surface area contributed by atoms with Crippen molar-refractivity contribution >= 4 is 11.4 Å². The molecule has 3 rings (SSSR count). The van der Waals surface area contributed by atoms with E-state index in [9.17, 15) is 0 Å². The van der Waals surface area contributed by atoms with E-state index in [1.165, 1.54) is 0 Å². The van der Waals surface area contributed by atoms with Crippen LogP contribution >= 0.6 is 0 Å².